The molecule has 0 spiro atoms. The van der Waals surface area contributed by atoms with Gasteiger partial charge in [0.2, 0.25) is 0 Å². The van der Waals surface area contributed by atoms with Crippen molar-refractivity contribution in [2.45, 2.75) is 50.6 Å². The van der Waals surface area contributed by atoms with Gasteiger partial charge in [0.05, 0.1) is 30.2 Å². The van der Waals surface area contributed by atoms with Crippen LogP contribution >= 0.6 is 23.2 Å². The molecular formula is C43H45Cl2F2N11O7. The van der Waals surface area contributed by atoms with E-state index in [0.717, 1.165) is 11.1 Å². The third-order valence-corrected chi connectivity index (χ3v) is 11.1. The fraction of sp³-hybridized carbons (Fsp3) is 0.326. The van der Waals surface area contributed by atoms with Gasteiger partial charge in [0.15, 0.2) is 5.69 Å². The number of nitrogens with two attached hydrogens (primary N) is 1. The van der Waals surface area contributed by atoms with Crippen molar-refractivity contribution in [3.05, 3.63) is 151 Å². The van der Waals surface area contributed by atoms with Crippen molar-refractivity contribution in [3.63, 3.8) is 0 Å². The molecule has 342 valence electrons. The van der Waals surface area contributed by atoms with E-state index in [2.05, 4.69) is 40.8 Å². The van der Waals surface area contributed by atoms with Crippen molar-refractivity contribution >= 4 is 41.0 Å². The van der Waals surface area contributed by atoms with Gasteiger partial charge in [-0.1, -0.05) is 82.0 Å². The fourth-order valence-corrected chi connectivity index (χ4v) is 7.43. The number of carboxylic acid groups (broad SMARTS) is 2. The number of aliphatic hydroxyl groups is 2. The van der Waals surface area contributed by atoms with Gasteiger partial charge in [0.1, 0.15) is 11.6 Å². The lowest BCUT2D eigenvalue weighted by Gasteiger charge is -2.31. The van der Waals surface area contributed by atoms with Crippen molar-refractivity contribution < 1.29 is 43.6 Å². The number of nitrogens with one attached hydrogen (secondary N) is 2. The first-order valence-electron chi connectivity index (χ1n) is 19.8. The highest BCUT2D eigenvalue weighted by Gasteiger charge is 2.41. The number of nitrogens with zero attached hydrogens (tertiary/aromatic N) is 8. The van der Waals surface area contributed by atoms with Gasteiger partial charge in [0.25, 0.3) is 5.91 Å². The van der Waals surface area contributed by atoms with Crippen molar-refractivity contribution in [3.8, 4) is 22.3 Å². The lowest BCUT2D eigenvalue weighted by molar-refractivity contribution is -0.153. The molecule has 2 unspecified atom stereocenters. The molecule has 0 aliphatic heterocycles. The molecule has 8 N–H and O–H groups in total. The normalized spacial score (nSPS) is 13.6. The lowest BCUT2D eigenvalue weighted by Crippen LogP contribution is -2.46. The number of aromatic nitrogens is 3. The Morgan fingerprint density at radius 3 is 1.63 bits per heavy atom. The molecule has 0 aliphatic rings. The number of amides is 1. The summed E-state index contributed by atoms with van der Waals surface area (Å²) < 4.78 is 28.2. The van der Waals surface area contributed by atoms with Crippen LogP contribution in [0.2, 0.25) is 10.0 Å². The van der Waals surface area contributed by atoms with Crippen molar-refractivity contribution in [2.75, 3.05) is 26.3 Å². The molecule has 4 atom stereocenters. The number of benzene rings is 4. The number of rotatable bonds is 22. The molecule has 0 fully saturated rings. The summed E-state index contributed by atoms with van der Waals surface area (Å²) in [6, 6.07) is 21.2. The summed E-state index contributed by atoms with van der Waals surface area (Å²) in [6.45, 7) is -1.53. The number of H-pyrrole nitrogens is 1. The van der Waals surface area contributed by atoms with Crippen molar-refractivity contribution in [1.82, 2.24) is 20.7 Å². The number of aliphatic hydroxyl groups excluding tert-OH is 2. The minimum atomic E-state index is -1.67. The Balaban J connectivity index is 0.000000292. The molecule has 0 saturated heterocycles. The second kappa shape index (κ2) is 24.4. The number of halogens is 4. The van der Waals surface area contributed by atoms with Gasteiger partial charge in [-0.2, -0.15) is 15.4 Å². The Kier molecular flexibility index (Phi) is 19.2. The molecule has 5 aromatic rings. The SMILES string of the molecule is [N-]=[N+]=NCCC(CO)(C[C@@H](Cc1ccc(-c2cc(Cl)ccc2F)cc1)NC(=O)c1cn[nH]n1)C(=O)O.[N-]=[N+]=NCCC(CO)(C[C@H](N)Cc1ccc(-c2cc(Cl)ccc2F)cc1)C(=O)O. The standard InChI is InChI=1S/C23H23ClFN7O4.C20H22ClFN4O3/c24-16-5-6-19(25)18(10-16)15-3-1-14(2-4-15)9-17(29-21(34)20-12-28-32-30-20)11-23(13-33,22(35)36)7-8-27-31-26;21-15-5-6-18(22)17(10-15)14-3-1-13(2-4-14)9-16(23)11-20(12-27,19(28)29)7-8-25-26-24/h1-6,10,12,17,33H,7-9,11,13H2,(H,29,34)(H,35,36)(H,28,30,32);1-6,10,16,27H,7-9,11-12,23H2,(H,28,29)/t17-,23?;16-,20?/m11/s1. The molecule has 1 amide bonds. The summed E-state index contributed by atoms with van der Waals surface area (Å²) in [5.41, 5.74) is 23.5. The number of aromatic amines is 1. The largest absolute Gasteiger partial charge is 0.481 e. The highest BCUT2D eigenvalue weighted by Crippen LogP contribution is 2.33. The number of hydrogen-bond acceptors (Lipinski definition) is 10. The molecule has 4 aromatic carbocycles. The predicted molar refractivity (Wildman–Crippen MR) is 238 cm³/mol. The first kappa shape index (κ1) is 51.0. The summed E-state index contributed by atoms with van der Waals surface area (Å²) in [5, 5.41) is 59.1. The minimum absolute atomic E-state index is 0.00536. The molecule has 0 bridgehead atoms. The third kappa shape index (κ3) is 14.4. The molecule has 18 nitrogen and oxygen atoms in total. The van der Waals surface area contributed by atoms with E-state index in [1.165, 1.54) is 36.5 Å². The van der Waals surface area contributed by atoms with Gasteiger partial charge < -0.3 is 31.5 Å². The van der Waals surface area contributed by atoms with Crippen LogP contribution in [0.4, 0.5) is 8.78 Å². The molecule has 0 aliphatic carbocycles. The van der Waals surface area contributed by atoms with E-state index in [0.29, 0.717) is 38.7 Å². The molecular weight excluding hydrogens is 891 g/mol. The Bertz CT molecular complexity index is 2490. The Morgan fingerprint density at radius 2 is 1.22 bits per heavy atom. The van der Waals surface area contributed by atoms with Crippen molar-refractivity contribution in [1.29, 1.82) is 0 Å². The maximum atomic E-state index is 14.2. The molecule has 1 heterocycles. The van der Waals surface area contributed by atoms with E-state index in [9.17, 15) is 43.6 Å². The molecule has 5 rings (SSSR count). The second-order valence-electron chi connectivity index (χ2n) is 15.1. The van der Waals surface area contributed by atoms with Crippen molar-refractivity contribution in [2.24, 2.45) is 26.8 Å². The number of carboxylic acids is 2. The van der Waals surface area contributed by atoms with Crippen LogP contribution in [-0.2, 0) is 22.4 Å². The summed E-state index contributed by atoms with van der Waals surface area (Å²) in [6.07, 6.45) is 1.50. The van der Waals surface area contributed by atoms with Crippen LogP contribution in [0, 0.1) is 22.5 Å². The van der Waals surface area contributed by atoms with Gasteiger partial charge >= 0.3 is 11.9 Å². The average molecular weight is 937 g/mol. The molecule has 0 saturated carbocycles. The van der Waals surface area contributed by atoms with Crippen LogP contribution < -0.4 is 11.1 Å². The van der Waals surface area contributed by atoms with Gasteiger partial charge in [-0.3, -0.25) is 14.4 Å². The average Bonchev–Trinajstić information content (AvgIpc) is 3.84. The number of azide groups is 2. The predicted octanol–water partition coefficient (Wildman–Crippen LogP) is 7.93. The third-order valence-electron chi connectivity index (χ3n) is 10.7. The Hall–Kier alpha value is -6.63. The first-order valence-corrected chi connectivity index (χ1v) is 20.6. The fourth-order valence-electron chi connectivity index (χ4n) is 7.09. The Morgan fingerprint density at radius 1 is 0.754 bits per heavy atom. The second-order valence-corrected chi connectivity index (χ2v) is 16.0. The smallest absolute Gasteiger partial charge is 0.312 e. The van der Waals surface area contributed by atoms with Crippen LogP contribution in [0.5, 0.6) is 0 Å². The van der Waals surface area contributed by atoms with E-state index in [4.69, 9.17) is 40.0 Å². The van der Waals surface area contributed by atoms with Crippen LogP contribution in [0.25, 0.3) is 43.1 Å². The van der Waals surface area contributed by atoms with E-state index < -0.39 is 59.8 Å². The monoisotopic (exact) mass is 935 g/mol. The van der Waals surface area contributed by atoms with Gasteiger partial charge in [-0.25, -0.2) is 8.78 Å². The zero-order valence-electron chi connectivity index (χ0n) is 34.6. The summed E-state index contributed by atoms with van der Waals surface area (Å²) >= 11 is 11.9. The maximum absolute atomic E-state index is 14.2. The summed E-state index contributed by atoms with van der Waals surface area (Å²) in [4.78, 5) is 41.7. The quantitative estimate of drug-likeness (QED) is 0.0200. The number of carbonyl (C=O) groups is 3. The minimum Gasteiger partial charge on any atom is -0.481 e. The topological polar surface area (TPSA) is 309 Å². The van der Waals surface area contributed by atoms with Crippen LogP contribution in [-0.4, -0.2) is 92.1 Å². The zero-order valence-corrected chi connectivity index (χ0v) is 36.1. The first-order chi connectivity index (χ1) is 31.1. The Labute approximate surface area is 380 Å². The van der Waals surface area contributed by atoms with Gasteiger partial charge in [0, 0.05) is 56.2 Å². The molecule has 1 aromatic heterocycles. The maximum Gasteiger partial charge on any atom is 0.312 e. The number of carbonyl (C=O) groups excluding carboxylic acids is 1. The van der Waals surface area contributed by atoms with Gasteiger partial charge in [-0.05, 0) is 108 Å². The van der Waals surface area contributed by atoms with Crippen LogP contribution in [0.3, 0.4) is 0 Å². The van der Waals surface area contributed by atoms with E-state index in [1.807, 2.05) is 0 Å². The summed E-state index contributed by atoms with van der Waals surface area (Å²) in [5.74, 6) is -3.87. The molecule has 0 radical (unpaired) electrons. The lowest BCUT2D eigenvalue weighted by atomic mass is 9.78. The molecule has 65 heavy (non-hydrogen) atoms. The van der Waals surface area contributed by atoms with E-state index >= 15 is 0 Å². The summed E-state index contributed by atoms with van der Waals surface area (Å²) in [7, 11) is 0. The highest BCUT2D eigenvalue weighted by atomic mass is 35.5. The highest BCUT2D eigenvalue weighted by molar-refractivity contribution is 6.31. The zero-order chi connectivity index (χ0) is 47.6. The van der Waals surface area contributed by atoms with Crippen LogP contribution in [0.15, 0.2) is 101 Å². The van der Waals surface area contributed by atoms with E-state index in [-0.39, 0.29) is 56.7 Å². The number of hydrogen-bond donors (Lipinski definition) is 7. The van der Waals surface area contributed by atoms with Gasteiger partial charge in [-0.15, -0.1) is 0 Å². The van der Waals surface area contributed by atoms with Crippen LogP contribution in [0.1, 0.15) is 47.3 Å². The van der Waals surface area contributed by atoms with E-state index in [1.54, 1.807) is 54.6 Å². The number of aliphatic carboxylic acids is 2. The molecule has 22 heteroatoms.